The molecule has 2 nitrogen and oxygen atoms in total. The minimum absolute atomic E-state index is 1.16. The number of thioether (sulfide) groups is 2. The highest BCUT2D eigenvalue weighted by Gasteiger charge is 2.24. The Labute approximate surface area is 76.5 Å². The van der Waals surface area contributed by atoms with Crippen LogP contribution in [0, 0.1) is 5.50 Å². The molecule has 0 amide bonds. The summed E-state index contributed by atoms with van der Waals surface area (Å²) in [5, 5.41) is 3.42. The Balaban J connectivity index is 1.82. The van der Waals surface area contributed by atoms with Crippen LogP contribution in [0.1, 0.15) is 0 Å². The fourth-order valence-electron chi connectivity index (χ4n) is 1.33. The third-order valence-corrected chi connectivity index (χ3v) is 3.94. The molecule has 11 heavy (non-hydrogen) atoms. The maximum Gasteiger partial charge on any atom is 0.162 e. The SMILES string of the molecule is C1CS[C](N2CCSCC2)N1. The fourth-order valence-corrected chi connectivity index (χ4v) is 3.20. The van der Waals surface area contributed by atoms with E-state index >= 15 is 0 Å². The summed E-state index contributed by atoms with van der Waals surface area (Å²) in [4.78, 5) is 2.48. The van der Waals surface area contributed by atoms with Crippen LogP contribution < -0.4 is 5.32 Å². The zero-order valence-electron chi connectivity index (χ0n) is 6.51. The summed E-state index contributed by atoms with van der Waals surface area (Å²) in [5.74, 6) is 3.84. The quantitative estimate of drug-likeness (QED) is 0.656. The molecule has 0 unspecified atom stereocenters. The van der Waals surface area contributed by atoms with Crippen LogP contribution in [-0.2, 0) is 0 Å². The molecule has 0 aliphatic carbocycles. The van der Waals surface area contributed by atoms with E-state index in [9.17, 15) is 0 Å². The fraction of sp³-hybridized carbons (Fsp3) is 0.857. The van der Waals surface area contributed by atoms with E-state index in [0.29, 0.717) is 0 Å². The van der Waals surface area contributed by atoms with Gasteiger partial charge in [-0.3, -0.25) is 10.2 Å². The van der Waals surface area contributed by atoms with Crippen LogP contribution in [0.3, 0.4) is 0 Å². The van der Waals surface area contributed by atoms with Crippen LogP contribution in [0.4, 0.5) is 0 Å². The highest BCUT2D eigenvalue weighted by Crippen LogP contribution is 2.27. The number of hydrogen-bond acceptors (Lipinski definition) is 4. The van der Waals surface area contributed by atoms with Crippen LogP contribution in [0.15, 0.2) is 0 Å². The van der Waals surface area contributed by atoms with Crippen molar-refractivity contribution in [3.63, 3.8) is 0 Å². The third kappa shape index (κ3) is 2.05. The second-order valence-corrected chi connectivity index (χ2v) is 4.99. The van der Waals surface area contributed by atoms with Crippen LogP contribution in [0.5, 0.6) is 0 Å². The second kappa shape index (κ2) is 4.03. The van der Waals surface area contributed by atoms with Crippen molar-refractivity contribution >= 4 is 23.5 Å². The van der Waals surface area contributed by atoms with Gasteiger partial charge in [-0.15, -0.1) is 11.8 Å². The predicted octanol–water partition coefficient (Wildman–Crippen LogP) is 0.819. The molecule has 0 aromatic rings. The first-order valence-corrected chi connectivity index (χ1v) is 6.17. The lowest BCUT2D eigenvalue weighted by Gasteiger charge is -2.29. The lowest BCUT2D eigenvalue weighted by Crippen LogP contribution is -2.39. The lowest BCUT2D eigenvalue weighted by atomic mass is 10.5. The monoisotopic (exact) mass is 189 g/mol. The van der Waals surface area contributed by atoms with Gasteiger partial charge in [-0.25, -0.2) is 0 Å². The third-order valence-electron chi connectivity index (χ3n) is 1.92. The van der Waals surface area contributed by atoms with Gasteiger partial charge in [-0.05, 0) is 0 Å². The number of rotatable bonds is 1. The molecule has 2 heterocycles. The molecule has 0 spiro atoms. The summed E-state index contributed by atoms with van der Waals surface area (Å²) >= 11 is 4.04. The standard InChI is InChI=1S/C7H13N2S2/c1-4-11-7(8-1)9-2-5-10-6-3-9/h8H,1-6H2. The molecule has 0 aromatic carbocycles. The Morgan fingerprint density at radius 2 is 2.00 bits per heavy atom. The van der Waals surface area contributed by atoms with Gasteiger partial charge >= 0.3 is 0 Å². The average molecular weight is 189 g/mol. The molecular weight excluding hydrogens is 176 g/mol. The van der Waals surface area contributed by atoms with Gasteiger partial charge in [0.25, 0.3) is 0 Å². The Morgan fingerprint density at radius 1 is 1.18 bits per heavy atom. The number of nitrogens with one attached hydrogen (secondary N) is 1. The van der Waals surface area contributed by atoms with Gasteiger partial charge in [0, 0.05) is 36.9 Å². The van der Waals surface area contributed by atoms with Gasteiger partial charge in [0.15, 0.2) is 5.50 Å². The molecule has 1 N–H and O–H groups in total. The molecule has 4 heteroatoms. The molecule has 2 aliphatic rings. The summed E-state index contributed by atoms with van der Waals surface area (Å²) < 4.78 is 0. The van der Waals surface area contributed by atoms with Crippen LogP contribution in [0.2, 0.25) is 0 Å². The van der Waals surface area contributed by atoms with Crippen molar-refractivity contribution in [2.75, 3.05) is 36.9 Å². The Hall–Kier alpha value is 0.620. The molecule has 2 aliphatic heterocycles. The maximum atomic E-state index is 3.42. The highest BCUT2D eigenvalue weighted by atomic mass is 32.2. The van der Waals surface area contributed by atoms with E-state index in [4.69, 9.17) is 0 Å². The van der Waals surface area contributed by atoms with Crippen LogP contribution >= 0.6 is 23.5 Å². The van der Waals surface area contributed by atoms with Crippen molar-refractivity contribution in [3.05, 3.63) is 5.50 Å². The molecule has 2 fully saturated rings. The highest BCUT2D eigenvalue weighted by molar-refractivity contribution is 8.02. The van der Waals surface area contributed by atoms with E-state index in [1.807, 2.05) is 11.8 Å². The van der Waals surface area contributed by atoms with Gasteiger partial charge in [0.2, 0.25) is 0 Å². The van der Waals surface area contributed by atoms with Crippen molar-refractivity contribution < 1.29 is 0 Å². The summed E-state index contributed by atoms with van der Waals surface area (Å²) in [6.45, 7) is 3.63. The summed E-state index contributed by atoms with van der Waals surface area (Å²) in [6, 6.07) is 0. The van der Waals surface area contributed by atoms with E-state index in [0.717, 1.165) is 6.54 Å². The maximum absolute atomic E-state index is 3.42. The molecule has 1 radical (unpaired) electrons. The predicted molar refractivity (Wildman–Crippen MR) is 52.6 cm³/mol. The van der Waals surface area contributed by atoms with Crippen molar-refractivity contribution in [1.82, 2.24) is 10.2 Å². The summed E-state index contributed by atoms with van der Waals surface area (Å²) in [5.41, 5.74) is 1.42. The minimum atomic E-state index is 1.16. The molecule has 0 bridgehead atoms. The van der Waals surface area contributed by atoms with E-state index in [2.05, 4.69) is 22.0 Å². The van der Waals surface area contributed by atoms with Gasteiger partial charge in [0.05, 0.1) is 0 Å². The van der Waals surface area contributed by atoms with Crippen LogP contribution in [0.25, 0.3) is 0 Å². The molecule has 2 rings (SSSR count). The lowest BCUT2D eigenvalue weighted by molar-refractivity contribution is 0.332. The van der Waals surface area contributed by atoms with E-state index in [-0.39, 0.29) is 0 Å². The molecule has 0 atom stereocenters. The van der Waals surface area contributed by atoms with Crippen LogP contribution in [-0.4, -0.2) is 41.8 Å². The van der Waals surface area contributed by atoms with Gasteiger partial charge in [-0.2, -0.15) is 11.8 Å². The summed E-state index contributed by atoms with van der Waals surface area (Å²) in [7, 11) is 0. The Kier molecular flexibility index (Phi) is 3.01. The van der Waals surface area contributed by atoms with E-state index < -0.39 is 0 Å². The second-order valence-electron chi connectivity index (χ2n) is 2.68. The van der Waals surface area contributed by atoms with Gasteiger partial charge in [0.1, 0.15) is 0 Å². The first-order chi connectivity index (χ1) is 5.47. The molecule has 63 valence electrons. The normalized spacial score (nSPS) is 29.5. The Morgan fingerprint density at radius 3 is 2.64 bits per heavy atom. The Bertz CT molecular complexity index is 120. The first-order valence-electron chi connectivity index (χ1n) is 4.03. The zero-order valence-corrected chi connectivity index (χ0v) is 8.14. The molecule has 2 saturated heterocycles. The topological polar surface area (TPSA) is 15.3 Å². The van der Waals surface area contributed by atoms with Crippen molar-refractivity contribution in [3.8, 4) is 0 Å². The zero-order chi connectivity index (χ0) is 7.52. The van der Waals surface area contributed by atoms with Crippen molar-refractivity contribution in [1.29, 1.82) is 0 Å². The van der Waals surface area contributed by atoms with Gasteiger partial charge < -0.3 is 0 Å². The number of hydrogen-bond donors (Lipinski definition) is 1. The minimum Gasteiger partial charge on any atom is -0.286 e. The largest absolute Gasteiger partial charge is 0.286 e. The van der Waals surface area contributed by atoms with E-state index in [1.54, 1.807) is 0 Å². The van der Waals surface area contributed by atoms with E-state index in [1.165, 1.54) is 35.8 Å². The molecule has 0 saturated carbocycles. The average Bonchev–Trinajstić information content (AvgIpc) is 2.58. The molecule has 0 aromatic heterocycles. The van der Waals surface area contributed by atoms with Crippen molar-refractivity contribution in [2.45, 2.75) is 0 Å². The smallest absolute Gasteiger partial charge is 0.162 e. The first kappa shape index (κ1) is 8.23. The number of nitrogens with zero attached hydrogens (tertiary/aromatic N) is 1. The van der Waals surface area contributed by atoms with Gasteiger partial charge in [-0.1, -0.05) is 0 Å². The summed E-state index contributed by atoms with van der Waals surface area (Å²) in [6.07, 6.45) is 0. The van der Waals surface area contributed by atoms with Crippen molar-refractivity contribution in [2.24, 2.45) is 0 Å². The molecular formula is C7H13N2S2.